The Hall–Kier alpha value is -2.83. The lowest BCUT2D eigenvalue weighted by molar-refractivity contribution is 0.673. The number of hydrogen-bond donors (Lipinski definition) is 1. The summed E-state index contributed by atoms with van der Waals surface area (Å²) >= 11 is 0. The maximum atomic E-state index is 4.65. The Bertz CT molecular complexity index is 785. The van der Waals surface area contributed by atoms with Crippen molar-refractivity contribution in [1.82, 2.24) is 29.9 Å². The number of aryl methyl sites for hydroxylation is 1. The Kier molecular flexibility index (Phi) is 3.45. The quantitative estimate of drug-likeness (QED) is 0.799. The van der Waals surface area contributed by atoms with Gasteiger partial charge in [0.05, 0.1) is 11.7 Å². The number of imidazole rings is 1. The third-order valence-electron chi connectivity index (χ3n) is 4.00. The maximum Gasteiger partial charge on any atom is 0.225 e. The zero-order chi connectivity index (χ0) is 15.6. The molecule has 1 fully saturated rings. The second-order valence-electron chi connectivity index (χ2n) is 5.56. The van der Waals surface area contributed by atoms with Gasteiger partial charge in [0.2, 0.25) is 5.95 Å². The third kappa shape index (κ3) is 2.65. The Morgan fingerprint density at radius 1 is 1.13 bits per heavy atom. The highest BCUT2D eigenvalue weighted by Crippen LogP contribution is 2.34. The largest absolute Gasteiger partial charge is 0.343 e. The van der Waals surface area contributed by atoms with Gasteiger partial charge in [-0.25, -0.2) is 24.9 Å². The van der Waals surface area contributed by atoms with Gasteiger partial charge in [-0.3, -0.25) is 0 Å². The van der Waals surface area contributed by atoms with E-state index in [-0.39, 0.29) is 6.04 Å². The van der Waals surface area contributed by atoms with Crippen LogP contribution in [-0.2, 0) is 0 Å². The summed E-state index contributed by atoms with van der Waals surface area (Å²) in [5.74, 6) is 2.26. The van der Waals surface area contributed by atoms with Gasteiger partial charge in [0.15, 0.2) is 5.82 Å². The van der Waals surface area contributed by atoms with Gasteiger partial charge in [0.1, 0.15) is 11.5 Å². The summed E-state index contributed by atoms with van der Waals surface area (Å²) in [6.07, 6.45) is 9.21. The predicted octanol–water partition coefficient (Wildman–Crippen LogP) is 2.31. The van der Waals surface area contributed by atoms with Crippen molar-refractivity contribution in [3.05, 3.63) is 48.4 Å². The molecule has 0 aromatic carbocycles. The molecular weight excluding hydrogens is 290 g/mol. The van der Waals surface area contributed by atoms with E-state index in [1.807, 2.05) is 19.1 Å². The first-order valence-corrected chi connectivity index (χ1v) is 7.70. The maximum absolute atomic E-state index is 4.65. The van der Waals surface area contributed by atoms with Gasteiger partial charge in [-0.15, -0.1) is 0 Å². The molecule has 7 heteroatoms. The fraction of sp³-hybridized carbons (Fsp3) is 0.312. The molecule has 116 valence electrons. The molecule has 0 radical (unpaired) electrons. The summed E-state index contributed by atoms with van der Waals surface area (Å²) in [5.41, 5.74) is 1.81. The fourth-order valence-electron chi connectivity index (χ4n) is 3.04. The number of aromatic nitrogens is 6. The number of nitrogens with zero attached hydrogens (tertiary/aromatic N) is 6. The van der Waals surface area contributed by atoms with Crippen LogP contribution >= 0.6 is 0 Å². The van der Waals surface area contributed by atoms with Crippen LogP contribution < -0.4 is 4.90 Å². The molecule has 4 rings (SSSR count). The summed E-state index contributed by atoms with van der Waals surface area (Å²) in [4.78, 5) is 27.5. The van der Waals surface area contributed by atoms with Gasteiger partial charge in [-0.2, -0.15) is 0 Å². The Balaban J connectivity index is 1.72. The molecule has 23 heavy (non-hydrogen) atoms. The van der Waals surface area contributed by atoms with E-state index in [4.69, 9.17) is 0 Å². The normalized spacial score (nSPS) is 17.6. The molecule has 7 nitrogen and oxygen atoms in total. The zero-order valence-corrected chi connectivity index (χ0v) is 12.8. The van der Waals surface area contributed by atoms with E-state index >= 15 is 0 Å². The van der Waals surface area contributed by atoms with E-state index in [0.717, 1.165) is 48.4 Å². The van der Waals surface area contributed by atoms with E-state index in [2.05, 4.69) is 34.8 Å². The Morgan fingerprint density at radius 3 is 2.78 bits per heavy atom. The second kappa shape index (κ2) is 5.75. The molecule has 0 saturated carbocycles. The molecule has 1 saturated heterocycles. The molecule has 3 aromatic heterocycles. The van der Waals surface area contributed by atoms with Crippen LogP contribution in [0.3, 0.4) is 0 Å². The van der Waals surface area contributed by atoms with Crippen molar-refractivity contribution in [3.63, 3.8) is 0 Å². The molecule has 3 aromatic rings. The van der Waals surface area contributed by atoms with Crippen LogP contribution in [0.15, 0.2) is 36.9 Å². The van der Waals surface area contributed by atoms with E-state index < -0.39 is 0 Å². The van der Waals surface area contributed by atoms with Crippen molar-refractivity contribution in [3.8, 4) is 11.5 Å². The molecule has 0 bridgehead atoms. The van der Waals surface area contributed by atoms with Crippen molar-refractivity contribution >= 4 is 5.95 Å². The van der Waals surface area contributed by atoms with Crippen molar-refractivity contribution in [2.75, 3.05) is 11.4 Å². The summed E-state index contributed by atoms with van der Waals surface area (Å²) in [6.45, 7) is 2.85. The molecule has 1 aliphatic rings. The van der Waals surface area contributed by atoms with E-state index in [1.54, 1.807) is 24.8 Å². The van der Waals surface area contributed by atoms with Crippen LogP contribution in [0.1, 0.15) is 30.4 Å². The molecule has 1 N–H and O–H groups in total. The minimum absolute atomic E-state index is 0.174. The molecule has 0 aliphatic carbocycles. The Morgan fingerprint density at radius 2 is 2.00 bits per heavy atom. The van der Waals surface area contributed by atoms with E-state index in [0.29, 0.717) is 0 Å². The molecule has 4 heterocycles. The monoisotopic (exact) mass is 307 g/mol. The van der Waals surface area contributed by atoms with Crippen LogP contribution in [0.4, 0.5) is 5.95 Å². The minimum Gasteiger partial charge on any atom is -0.343 e. The van der Waals surface area contributed by atoms with Crippen LogP contribution in [-0.4, -0.2) is 36.4 Å². The van der Waals surface area contributed by atoms with Gasteiger partial charge in [-0.05, 0) is 31.9 Å². The molecule has 0 amide bonds. The second-order valence-corrected chi connectivity index (χ2v) is 5.56. The van der Waals surface area contributed by atoms with Gasteiger partial charge in [0.25, 0.3) is 0 Å². The van der Waals surface area contributed by atoms with E-state index in [1.165, 1.54) is 0 Å². The Labute approximate surface area is 133 Å². The van der Waals surface area contributed by atoms with Crippen molar-refractivity contribution in [1.29, 1.82) is 0 Å². The van der Waals surface area contributed by atoms with Crippen molar-refractivity contribution < 1.29 is 0 Å². The fourth-order valence-corrected chi connectivity index (χ4v) is 3.04. The highest BCUT2D eigenvalue weighted by atomic mass is 15.3. The molecule has 1 aliphatic heterocycles. The van der Waals surface area contributed by atoms with Crippen LogP contribution in [0.25, 0.3) is 11.5 Å². The average Bonchev–Trinajstić information content (AvgIpc) is 3.27. The SMILES string of the molecule is Cc1nc(-c2ncc[nH]2)cc(C2CCCN2c2ncccn2)n1. The molecule has 1 unspecified atom stereocenters. The molecule has 1 atom stereocenters. The lowest BCUT2D eigenvalue weighted by Gasteiger charge is -2.24. The van der Waals surface area contributed by atoms with Crippen LogP contribution in [0.5, 0.6) is 0 Å². The zero-order valence-electron chi connectivity index (χ0n) is 12.8. The standard InChI is InChI=1S/C16H17N7/c1-11-21-12(10-13(22-11)15-17-7-8-18-15)14-4-2-9-23(14)16-19-5-3-6-20-16/h3,5-8,10,14H,2,4,9H2,1H3,(H,17,18). The lowest BCUT2D eigenvalue weighted by Crippen LogP contribution is -2.25. The number of hydrogen-bond acceptors (Lipinski definition) is 6. The topological polar surface area (TPSA) is 83.5 Å². The smallest absolute Gasteiger partial charge is 0.225 e. The number of nitrogens with one attached hydrogen (secondary N) is 1. The average molecular weight is 307 g/mol. The van der Waals surface area contributed by atoms with Crippen molar-refractivity contribution in [2.45, 2.75) is 25.8 Å². The van der Waals surface area contributed by atoms with Gasteiger partial charge < -0.3 is 9.88 Å². The van der Waals surface area contributed by atoms with Gasteiger partial charge >= 0.3 is 0 Å². The first kappa shape index (κ1) is 13.8. The van der Waals surface area contributed by atoms with Crippen LogP contribution in [0.2, 0.25) is 0 Å². The summed E-state index contributed by atoms with van der Waals surface area (Å²) < 4.78 is 0. The number of aromatic amines is 1. The van der Waals surface area contributed by atoms with Gasteiger partial charge in [-0.1, -0.05) is 0 Å². The molecular formula is C16H17N7. The highest BCUT2D eigenvalue weighted by Gasteiger charge is 2.29. The van der Waals surface area contributed by atoms with Gasteiger partial charge in [0, 0.05) is 31.3 Å². The third-order valence-corrected chi connectivity index (χ3v) is 4.00. The highest BCUT2D eigenvalue weighted by molar-refractivity contribution is 5.50. The predicted molar refractivity (Wildman–Crippen MR) is 85.7 cm³/mol. The van der Waals surface area contributed by atoms with E-state index in [9.17, 15) is 0 Å². The first-order valence-electron chi connectivity index (χ1n) is 7.70. The summed E-state index contributed by atoms with van der Waals surface area (Å²) in [5, 5.41) is 0. The summed E-state index contributed by atoms with van der Waals surface area (Å²) in [7, 11) is 0. The molecule has 0 spiro atoms. The number of H-pyrrole nitrogens is 1. The number of anilines is 1. The first-order chi connectivity index (χ1) is 11.3. The van der Waals surface area contributed by atoms with Crippen molar-refractivity contribution in [2.24, 2.45) is 0 Å². The lowest BCUT2D eigenvalue weighted by atomic mass is 10.1. The summed E-state index contributed by atoms with van der Waals surface area (Å²) in [6, 6.07) is 4.02. The van der Waals surface area contributed by atoms with Crippen LogP contribution in [0, 0.1) is 6.92 Å². The minimum atomic E-state index is 0.174. The number of rotatable bonds is 3.